The van der Waals surface area contributed by atoms with Crippen molar-refractivity contribution in [2.75, 3.05) is 7.11 Å². The van der Waals surface area contributed by atoms with E-state index in [1.807, 2.05) is 32.0 Å². The molecule has 3 nitrogen and oxygen atoms in total. The second-order valence-electron chi connectivity index (χ2n) is 4.11. The van der Waals surface area contributed by atoms with Crippen molar-refractivity contribution in [2.45, 2.75) is 19.8 Å². The van der Waals surface area contributed by atoms with E-state index in [0.29, 0.717) is 0 Å². The molecule has 1 N–H and O–H groups in total. The average Bonchev–Trinajstić information content (AvgIpc) is 2.27. The van der Waals surface area contributed by atoms with Crippen LogP contribution in [-0.4, -0.2) is 17.2 Å². The van der Waals surface area contributed by atoms with Crippen LogP contribution in [0.4, 0.5) is 0 Å². The highest BCUT2D eigenvalue weighted by atomic mass is 16.5. The zero-order valence-corrected chi connectivity index (χ0v) is 9.69. The van der Waals surface area contributed by atoms with Crippen LogP contribution < -0.4 is 4.74 Å². The van der Waals surface area contributed by atoms with Crippen LogP contribution in [0.25, 0.3) is 10.9 Å². The number of ether oxygens (including phenoxy) is 1. The second-order valence-corrected chi connectivity index (χ2v) is 4.11. The summed E-state index contributed by atoms with van der Waals surface area (Å²) in [6.07, 6.45) is 0. The van der Waals surface area contributed by atoms with Gasteiger partial charge >= 0.3 is 0 Å². The van der Waals surface area contributed by atoms with Gasteiger partial charge in [0.05, 0.1) is 18.3 Å². The largest absolute Gasteiger partial charge is 0.506 e. The lowest BCUT2D eigenvalue weighted by atomic mass is 10.1. The number of methoxy groups -OCH3 is 1. The maximum atomic E-state index is 9.84. The van der Waals surface area contributed by atoms with Gasteiger partial charge in [0.15, 0.2) is 0 Å². The van der Waals surface area contributed by atoms with Gasteiger partial charge in [0.2, 0.25) is 0 Å². The van der Waals surface area contributed by atoms with Crippen LogP contribution in [0.5, 0.6) is 11.5 Å². The Labute approximate surface area is 94.7 Å². The minimum absolute atomic E-state index is 0.214. The van der Waals surface area contributed by atoms with E-state index in [0.717, 1.165) is 22.3 Å². The lowest BCUT2D eigenvalue weighted by Crippen LogP contribution is -1.94. The number of hydrogen-bond donors (Lipinski definition) is 1. The Morgan fingerprint density at radius 1 is 1.25 bits per heavy atom. The van der Waals surface area contributed by atoms with Crippen LogP contribution in [0.2, 0.25) is 0 Å². The summed E-state index contributed by atoms with van der Waals surface area (Å²) in [6, 6.07) is 7.38. The molecule has 0 saturated carbocycles. The second kappa shape index (κ2) is 4.00. The predicted octanol–water partition coefficient (Wildman–Crippen LogP) is 3.07. The van der Waals surface area contributed by atoms with Crippen molar-refractivity contribution in [3.8, 4) is 11.5 Å². The van der Waals surface area contributed by atoms with E-state index in [4.69, 9.17) is 4.74 Å². The Morgan fingerprint density at radius 2 is 2.00 bits per heavy atom. The molecule has 0 fully saturated rings. The number of pyridine rings is 1. The molecule has 2 aromatic rings. The number of hydrogen-bond acceptors (Lipinski definition) is 3. The van der Waals surface area contributed by atoms with Crippen molar-refractivity contribution in [1.82, 2.24) is 4.98 Å². The first-order valence-corrected chi connectivity index (χ1v) is 5.29. The maximum Gasteiger partial charge on any atom is 0.137 e. The molecule has 0 bridgehead atoms. The molecule has 0 atom stereocenters. The van der Waals surface area contributed by atoms with Gasteiger partial charge in [-0.2, -0.15) is 0 Å². The molecule has 1 heterocycles. The van der Waals surface area contributed by atoms with Crippen LogP contribution >= 0.6 is 0 Å². The highest BCUT2D eigenvalue weighted by Gasteiger charge is 2.09. The topological polar surface area (TPSA) is 42.4 Å². The van der Waals surface area contributed by atoms with E-state index in [1.54, 1.807) is 13.2 Å². The fraction of sp³-hybridized carbons (Fsp3) is 0.308. The van der Waals surface area contributed by atoms with Gasteiger partial charge in [0, 0.05) is 5.39 Å². The molecule has 0 aliphatic rings. The SMILES string of the molecule is COc1ccc2nc(C(C)C)c(O)cc2c1. The van der Waals surface area contributed by atoms with E-state index in [9.17, 15) is 5.11 Å². The number of aromatic nitrogens is 1. The summed E-state index contributed by atoms with van der Waals surface area (Å²) in [4.78, 5) is 4.44. The van der Waals surface area contributed by atoms with Crippen molar-refractivity contribution in [3.05, 3.63) is 30.0 Å². The summed E-state index contributed by atoms with van der Waals surface area (Å²) in [5.41, 5.74) is 1.61. The van der Waals surface area contributed by atoms with Crippen LogP contribution in [0.1, 0.15) is 25.5 Å². The normalized spacial score (nSPS) is 11.0. The van der Waals surface area contributed by atoms with Crippen molar-refractivity contribution >= 4 is 10.9 Å². The van der Waals surface area contributed by atoms with Gasteiger partial charge < -0.3 is 9.84 Å². The Bertz CT molecular complexity index is 521. The number of fused-ring (bicyclic) bond motifs is 1. The summed E-state index contributed by atoms with van der Waals surface area (Å²) in [5, 5.41) is 10.7. The van der Waals surface area contributed by atoms with Crippen molar-refractivity contribution in [3.63, 3.8) is 0 Å². The molecular formula is C13H15NO2. The molecule has 3 heteroatoms. The Hall–Kier alpha value is -1.77. The Kier molecular flexibility index (Phi) is 2.69. The summed E-state index contributed by atoms with van der Waals surface area (Å²) < 4.78 is 5.13. The van der Waals surface area contributed by atoms with Crippen LogP contribution in [0.15, 0.2) is 24.3 Å². The van der Waals surface area contributed by atoms with Gasteiger partial charge in [0.25, 0.3) is 0 Å². The smallest absolute Gasteiger partial charge is 0.137 e. The van der Waals surface area contributed by atoms with Gasteiger partial charge in [-0.05, 0) is 30.2 Å². The molecule has 16 heavy (non-hydrogen) atoms. The van der Waals surface area contributed by atoms with Crippen LogP contribution in [0.3, 0.4) is 0 Å². The highest BCUT2D eigenvalue weighted by Crippen LogP contribution is 2.29. The standard InChI is InChI=1S/C13H15NO2/c1-8(2)13-12(15)7-9-6-10(16-3)4-5-11(9)14-13/h4-8,15H,1-3H3. The van der Waals surface area contributed by atoms with Gasteiger partial charge in [-0.3, -0.25) is 0 Å². The first-order chi connectivity index (χ1) is 7.61. The molecule has 2 rings (SSSR count). The third-order valence-corrected chi connectivity index (χ3v) is 2.58. The van der Waals surface area contributed by atoms with E-state index in [2.05, 4.69) is 4.98 Å². The van der Waals surface area contributed by atoms with Gasteiger partial charge in [-0.1, -0.05) is 13.8 Å². The van der Waals surface area contributed by atoms with Crippen molar-refractivity contribution in [2.24, 2.45) is 0 Å². The Balaban J connectivity index is 2.64. The van der Waals surface area contributed by atoms with Crippen molar-refractivity contribution in [1.29, 1.82) is 0 Å². The fourth-order valence-electron chi connectivity index (χ4n) is 1.71. The molecule has 84 valence electrons. The lowest BCUT2D eigenvalue weighted by molar-refractivity contribution is 0.415. The first-order valence-electron chi connectivity index (χ1n) is 5.29. The maximum absolute atomic E-state index is 9.84. The molecular weight excluding hydrogens is 202 g/mol. The fourth-order valence-corrected chi connectivity index (χ4v) is 1.71. The van der Waals surface area contributed by atoms with E-state index in [1.165, 1.54) is 0 Å². The number of aromatic hydroxyl groups is 1. The monoisotopic (exact) mass is 217 g/mol. The number of benzene rings is 1. The first kappa shape index (κ1) is 10.7. The quantitative estimate of drug-likeness (QED) is 0.840. The summed E-state index contributed by atoms with van der Waals surface area (Å²) in [5.74, 6) is 1.23. The molecule has 0 amide bonds. The predicted molar refractivity (Wildman–Crippen MR) is 64.0 cm³/mol. The summed E-state index contributed by atoms with van der Waals surface area (Å²) in [7, 11) is 1.62. The summed E-state index contributed by atoms with van der Waals surface area (Å²) >= 11 is 0. The molecule has 0 aliphatic heterocycles. The average molecular weight is 217 g/mol. The van der Waals surface area contributed by atoms with Gasteiger partial charge in [0.1, 0.15) is 11.5 Å². The van der Waals surface area contributed by atoms with Crippen LogP contribution in [-0.2, 0) is 0 Å². The van der Waals surface area contributed by atoms with E-state index in [-0.39, 0.29) is 11.7 Å². The lowest BCUT2D eigenvalue weighted by Gasteiger charge is -2.09. The van der Waals surface area contributed by atoms with E-state index >= 15 is 0 Å². The third-order valence-electron chi connectivity index (χ3n) is 2.58. The molecule has 0 aliphatic carbocycles. The molecule has 0 radical (unpaired) electrons. The molecule has 0 unspecified atom stereocenters. The molecule has 1 aromatic heterocycles. The molecule has 1 aromatic carbocycles. The van der Waals surface area contributed by atoms with Crippen LogP contribution in [0, 0.1) is 0 Å². The minimum atomic E-state index is 0.214. The van der Waals surface area contributed by atoms with Crippen molar-refractivity contribution < 1.29 is 9.84 Å². The molecule has 0 saturated heterocycles. The Morgan fingerprint density at radius 3 is 2.62 bits per heavy atom. The third kappa shape index (κ3) is 1.81. The highest BCUT2D eigenvalue weighted by molar-refractivity contribution is 5.82. The van der Waals surface area contributed by atoms with E-state index < -0.39 is 0 Å². The molecule has 0 spiro atoms. The van der Waals surface area contributed by atoms with Gasteiger partial charge in [-0.25, -0.2) is 4.98 Å². The zero-order chi connectivity index (χ0) is 11.7. The summed E-state index contributed by atoms with van der Waals surface area (Å²) in [6.45, 7) is 4.02. The minimum Gasteiger partial charge on any atom is -0.506 e. The van der Waals surface area contributed by atoms with Gasteiger partial charge in [-0.15, -0.1) is 0 Å². The number of nitrogens with zero attached hydrogens (tertiary/aromatic N) is 1. The zero-order valence-electron chi connectivity index (χ0n) is 9.69. The number of rotatable bonds is 2.